The van der Waals surface area contributed by atoms with Gasteiger partial charge in [-0.2, -0.15) is 0 Å². The highest BCUT2D eigenvalue weighted by molar-refractivity contribution is 5.78. The SMILES string of the molecule is CC(C)=NOCCOCCOCCOCCOCCOCCNC=O. The van der Waals surface area contributed by atoms with E-state index in [9.17, 15) is 4.79 Å². The minimum Gasteiger partial charge on any atom is -0.393 e. The van der Waals surface area contributed by atoms with E-state index < -0.39 is 0 Å². The number of amides is 1. The first-order valence-corrected chi connectivity index (χ1v) is 8.46. The summed E-state index contributed by atoms with van der Waals surface area (Å²) in [7, 11) is 0. The van der Waals surface area contributed by atoms with Gasteiger partial charge in [0.2, 0.25) is 6.41 Å². The zero-order valence-electron chi connectivity index (χ0n) is 15.4. The van der Waals surface area contributed by atoms with Gasteiger partial charge in [-0.25, -0.2) is 0 Å². The second kappa shape index (κ2) is 20.8. The molecule has 0 heterocycles. The van der Waals surface area contributed by atoms with Crippen LogP contribution in [-0.4, -0.2) is 91.3 Å². The van der Waals surface area contributed by atoms with E-state index in [1.54, 1.807) is 0 Å². The molecule has 0 rings (SSSR count). The number of nitrogens with zero attached hydrogens (tertiary/aromatic N) is 1. The zero-order valence-corrected chi connectivity index (χ0v) is 15.4. The van der Waals surface area contributed by atoms with Gasteiger partial charge in [-0.3, -0.25) is 4.79 Å². The molecular formula is C16H32N2O7. The summed E-state index contributed by atoms with van der Waals surface area (Å²) in [5, 5.41) is 6.31. The Morgan fingerprint density at radius 1 is 0.720 bits per heavy atom. The molecule has 0 atom stereocenters. The van der Waals surface area contributed by atoms with Crippen molar-refractivity contribution in [1.29, 1.82) is 0 Å². The van der Waals surface area contributed by atoms with Gasteiger partial charge >= 0.3 is 0 Å². The Morgan fingerprint density at radius 3 is 1.52 bits per heavy atom. The van der Waals surface area contributed by atoms with Gasteiger partial charge < -0.3 is 33.8 Å². The molecule has 0 unspecified atom stereocenters. The quantitative estimate of drug-likeness (QED) is 0.143. The minimum absolute atomic E-state index is 0.439. The summed E-state index contributed by atoms with van der Waals surface area (Å²) in [5.41, 5.74) is 0.880. The number of ether oxygens (including phenoxy) is 5. The van der Waals surface area contributed by atoms with E-state index >= 15 is 0 Å². The molecule has 0 bridgehead atoms. The zero-order chi connectivity index (χ0) is 18.4. The molecule has 0 saturated carbocycles. The van der Waals surface area contributed by atoms with E-state index in [0.717, 1.165) is 5.71 Å². The lowest BCUT2D eigenvalue weighted by Crippen LogP contribution is -2.19. The van der Waals surface area contributed by atoms with Gasteiger partial charge in [0.25, 0.3) is 0 Å². The Morgan fingerprint density at radius 2 is 1.12 bits per heavy atom. The molecule has 9 heteroatoms. The van der Waals surface area contributed by atoms with Crippen molar-refractivity contribution < 1.29 is 33.3 Å². The first kappa shape index (κ1) is 23.7. The molecule has 0 fully saturated rings. The van der Waals surface area contributed by atoms with Crippen molar-refractivity contribution >= 4 is 12.1 Å². The smallest absolute Gasteiger partial charge is 0.207 e. The lowest BCUT2D eigenvalue weighted by atomic mass is 10.5. The third kappa shape index (κ3) is 22.7. The van der Waals surface area contributed by atoms with Crippen LogP contribution in [0.15, 0.2) is 5.16 Å². The maximum absolute atomic E-state index is 9.98. The van der Waals surface area contributed by atoms with Gasteiger partial charge in [-0.05, 0) is 13.8 Å². The van der Waals surface area contributed by atoms with Crippen molar-refractivity contribution in [1.82, 2.24) is 5.32 Å². The number of hydrogen-bond acceptors (Lipinski definition) is 8. The van der Waals surface area contributed by atoms with E-state index in [4.69, 9.17) is 28.5 Å². The highest BCUT2D eigenvalue weighted by Crippen LogP contribution is 1.85. The summed E-state index contributed by atoms with van der Waals surface area (Å²) >= 11 is 0. The Balaban J connectivity index is 3.00. The van der Waals surface area contributed by atoms with Crippen LogP contribution >= 0.6 is 0 Å². The topological polar surface area (TPSA) is 96.8 Å². The van der Waals surface area contributed by atoms with Crippen LogP contribution in [-0.2, 0) is 33.3 Å². The fraction of sp³-hybridized carbons (Fsp3) is 0.875. The van der Waals surface area contributed by atoms with Crippen molar-refractivity contribution in [2.24, 2.45) is 5.16 Å². The molecule has 0 aromatic rings. The van der Waals surface area contributed by atoms with Gasteiger partial charge in [0.1, 0.15) is 6.61 Å². The predicted molar refractivity (Wildman–Crippen MR) is 92.9 cm³/mol. The predicted octanol–water partition coefficient (Wildman–Crippen LogP) is 0.228. The Bertz CT molecular complexity index is 313. The van der Waals surface area contributed by atoms with Crippen LogP contribution in [0.4, 0.5) is 0 Å². The van der Waals surface area contributed by atoms with Gasteiger partial charge in [-0.15, -0.1) is 0 Å². The van der Waals surface area contributed by atoms with Gasteiger partial charge in [0, 0.05) is 6.54 Å². The summed E-state index contributed by atoms with van der Waals surface area (Å²) in [6.07, 6.45) is 0.647. The van der Waals surface area contributed by atoms with Crippen LogP contribution in [0.5, 0.6) is 0 Å². The van der Waals surface area contributed by atoms with Crippen LogP contribution in [0, 0.1) is 0 Å². The molecule has 148 valence electrons. The van der Waals surface area contributed by atoms with Gasteiger partial charge in [0.05, 0.1) is 71.8 Å². The Kier molecular flexibility index (Phi) is 19.7. The maximum atomic E-state index is 9.98. The third-order valence-electron chi connectivity index (χ3n) is 2.53. The van der Waals surface area contributed by atoms with Crippen molar-refractivity contribution in [3.63, 3.8) is 0 Å². The third-order valence-corrected chi connectivity index (χ3v) is 2.53. The molecular weight excluding hydrogens is 332 g/mol. The van der Waals surface area contributed by atoms with Gasteiger partial charge in [-0.1, -0.05) is 5.16 Å². The van der Waals surface area contributed by atoms with E-state index in [1.165, 1.54) is 0 Å². The summed E-state index contributed by atoms with van der Waals surface area (Å²) in [5.74, 6) is 0. The average molecular weight is 364 g/mol. The highest BCUT2D eigenvalue weighted by Gasteiger charge is 1.94. The largest absolute Gasteiger partial charge is 0.393 e. The Labute approximate surface area is 149 Å². The molecule has 0 aliphatic heterocycles. The van der Waals surface area contributed by atoms with E-state index in [-0.39, 0.29) is 0 Å². The molecule has 0 aromatic heterocycles. The fourth-order valence-electron chi connectivity index (χ4n) is 1.44. The molecule has 25 heavy (non-hydrogen) atoms. The molecule has 9 nitrogen and oxygen atoms in total. The van der Waals surface area contributed by atoms with Crippen LogP contribution in [0.1, 0.15) is 13.8 Å². The second-order valence-corrected chi connectivity index (χ2v) is 5.01. The fourth-order valence-corrected chi connectivity index (χ4v) is 1.44. The minimum atomic E-state index is 0.439. The summed E-state index contributed by atoms with van der Waals surface area (Å²) in [6.45, 7) is 9.78. The first-order chi connectivity index (χ1) is 12.3. The van der Waals surface area contributed by atoms with Crippen molar-refractivity contribution in [3.05, 3.63) is 0 Å². The molecule has 0 aromatic carbocycles. The van der Waals surface area contributed by atoms with E-state index in [0.29, 0.717) is 85.6 Å². The second-order valence-electron chi connectivity index (χ2n) is 5.01. The maximum Gasteiger partial charge on any atom is 0.207 e. The normalized spacial score (nSPS) is 10.5. The molecule has 0 saturated heterocycles. The lowest BCUT2D eigenvalue weighted by Gasteiger charge is -2.08. The number of oxime groups is 1. The Hall–Kier alpha value is -1.26. The van der Waals surface area contributed by atoms with Crippen LogP contribution in [0.3, 0.4) is 0 Å². The number of carbonyl (C=O) groups is 1. The van der Waals surface area contributed by atoms with Crippen molar-refractivity contribution in [3.8, 4) is 0 Å². The van der Waals surface area contributed by atoms with Crippen molar-refractivity contribution in [2.75, 3.05) is 79.2 Å². The van der Waals surface area contributed by atoms with Gasteiger partial charge in [0.15, 0.2) is 0 Å². The number of carbonyl (C=O) groups excluding carboxylic acids is 1. The first-order valence-electron chi connectivity index (χ1n) is 8.46. The van der Waals surface area contributed by atoms with Crippen LogP contribution < -0.4 is 5.32 Å². The standard InChI is InChI=1S/C16H32N2O7/c1-16(2)18-25-14-13-24-12-11-23-10-9-22-8-7-21-6-5-20-4-3-17-15-19/h15H,3-14H2,1-2H3,(H,17,19). The molecule has 1 N–H and O–H groups in total. The number of rotatable bonds is 20. The van der Waals surface area contributed by atoms with E-state index in [1.807, 2.05) is 13.8 Å². The summed E-state index contributed by atoms with van der Waals surface area (Å²) in [4.78, 5) is 15.0. The summed E-state index contributed by atoms with van der Waals surface area (Å²) < 4.78 is 26.6. The van der Waals surface area contributed by atoms with Crippen LogP contribution in [0.2, 0.25) is 0 Å². The molecule has 0 radical (unpaired) electrons. The van der Waals surface area contributed by atoms with Crippen LogP contribution in [0.25, 0.3) is 0 Å². The number of hydrogen-bond donors (Lipinski definition) is 1. The number of nitrogens with one attached hydrogen (secondary N) is 1. The monoisotopic (exact) mass is 364 g/mol. The molecule has 0 aliphatic rings. The lowest BCUT2D eigenvalue weighted by molar-refractivity contribution is -0.109. The average Bonchev–Trinajstić information content (AvgIpc) is 2.60. The molecule has 1 amide bonds. The summed E-state index contributed by atoms with van der Waals surface area (Å²) in [6, 6.07) is 0. The van der Waals surface area contributed by atoms with E-state index in [2.05, 4.69) is 10.5 Å². The molecule has 0 spiro atoms. The molecule has 0 aliphatic carbocycles. The highest BCUT2D eigenvalue weighted by atomic mass is 16.6. The van der Waals surface area contributed by atoms with Crippen molar-refractivity contribution in [2.45, 2.75) is 13.8 Å².